The predicted octanol–water partition coefficient (Wildman–Crippen LogP) is 3.09. The zero-order valence-electron chi connectivity index (χ0n) is 15.2. The Morgan fingerprint density at radius 1 is 1.36 bits per heavy atom. The van der Waals surface area contributed by atoms with Gasteiger partial charge in [0.05, 0.1) is 4.90 Å². The molecule has 8 nitrogen and oxygen atoms in total. The molecule has 0 radical (unpaired) electrons. The summed E-state index contributed by atoms with van der Waals surface area (Å²) in [6, 6.07) is 6.62. The molecule has 0 bridgehead atoms. The van der Waals surface area contributed by atoms with Gasteiger partial charge in [-0.1, -0.05) is 34.6 Å². The maximum Gasteiger partial charge on any atom is 0.317 e. The predicted molar refractivity (Wildman–Crippen MR) is 109 cm³/mol. The second kappa shape index (κ2) is 8.93. The molecule has 0 aliphatic carbocycles. The average molecular weight is 489 g/mol. The zero-order valence-corrected chi connectivity index (χ0v) is 18.4. The van der Waals surface area contributed by atoms with E-state index in [-0.39, 0.29) is 10.8 Å². The quantitative estimate of drug-likeness (QED) is 0.574. The first kappa shape index (κ1) is 21.3. The van der Waals surface area contributed by atoms with Crippen LogP contribution < -0.4 is 0 Å². The Morgan fingerprint density at radius 3 is 2.57 bits per heavy atom. The van der Waals surface area contributed by atoms with Crippen LogP contribution in [0.1, 0.15) is 37.9 Å². The fourth-order valence-electron chi connectivity index (χ4n) is 3.05. The lowest BCUT2D eigenvalue weighted by Crippen LogP contribution is -2.38. The van der Waals surface area contributed by atoms with Crippen LogP contribution in [0.15, 0.2) is 38.8 Å². The first-order valence-corrected chi connectivity index (χ1v) is 12.0. The highest BCUT2D eigenvalue weighted by molar-refractivity contribution is 9.10. The van der Waals surface area contributed by atoms with Gasteiger partial charge in [-0.3, -0.25) is 9.89 Å². The standard InChI is InChI=1S/C17H21BrN4O4S2/c1-2-14(16(23)24)27-17-19-15(20-21-17)11-7-9-22(10-8-11)28(25,26)13-5-3-12(18)4-6-13/h3-6,11,14H,2,7-10H2,1H3,(H,23,24)(H,19,20,21)/t14-/m1/s1. The van der Waals surface area contributed by atoms with Crippen molar-refractivity contribution in [1.82, 2.24) is 19.5 Å². The molecule has 2 N–H and O–H groups in total. The van der Waals surface area contributed by atoms with Gasteiger partial charge in [0.2, 0.25) is 15.2 Å². The molecule has 152 valence electrons. The number of rotatable bonds is 7. The lowest BCUT2D eigenvalue weighted by atomic mass is 9.98. The molecule has 0 spiro atoms. The van der Waals surface area contributed by atoms with E-state index in [0.717, 1.165) is 16.2 Å². The molecule has 0 amide bonds. The number of H-pyrrole nitrogens is 1. The smallest absolute Gasteiger partial charge is 0.317 e. The largest absolute Gasteiger partial charge is 0.480 e. The van der Waals surface area contributed by atoms with Gasteiger partial charge in [-0.05, 0) is 43.5 Å². The first-order valence-electron chi connectivity index (χ1n) is 8.88. The van der Waals surface area contributed by atoms with Crippen molar-refractivity contribution in [3.8, 4) is 0 Å². The fraction of sp³-hybridized carbons (Fsp3) is 0.471. The monoisotopic (exact) mass is 488 g/mol. The number of piperidine rings is 1. The molecule has 3 rings (SSSR count). The van der Waals surface area contributed by atoms with Gasteiger partial charge in [-0.25, -0.2) is 13.4 Å². The number of hydrogen-bond donors (Lipinski definition) is 2. The highest BCUT2D eigenvalue weighted by Gasteiger charge is 2.31. The maximum absolute atomic E-state index is 12.8. The fourth-order valence-corrected chi connectivity index (χ4v) is 5.56. The van der Waals surface area contributed by atoms with Crippen molar-refractivity contribution in [2.45, 2.75) is 47.4 Å². The molecule has 1 fully saturated rings. The summed E-state index contributed by atoms with van der Waals surface area (Å²) in [6.07, 6.45) is 1.74. The number of halogens is 1. The van der Waals surface area contributed by atoms with Gasteiger partial charge in [-0.2, -0.15) is 4.31 Å². The maximum atomic E-state index is 12.8. The average Bonchev–Trinajstić information content (AvgIpc) is 3.15. The van der Waals surface area contributed by atoms with Crippen molar-refractivity contribution in [2.75, 3.05) is 13.1 Å². The van der Waals surface area contributed by atoms with E-state index in [4.69, 9.17) is 5.11 Å². The Kier molecular flexibility index (Phi) is 6.79. The molecule has 1 aromatic carbocycles. The molecule has 1 atom stereocenters. The Morgan fingerprint density at radius 2 is 2.00 bits per heavy atom. The summed E-state index contributed by atoms with van der Waals surface area (Å²) in [4.78, 5) is 15.9. The summed E-state index contributed by atoms with van der Waals surface area (Å²) in [7, 11) is -3.51. The minimum atomic E-state index is -3.51. The number of nitrogens with one attached hydrogen (secondary N) is 1. The van der Waals surface area contributed by atoms with E-state index in [1.54, 1.807) is 31.2 Å². The van der Waals surface area contributed by atoms with Crippen LogP contribution >= 0.6 is 27.7 Å². The molecule has 2 heterocycles. The van der Waals surface area contributed by atoms with Crippen LogP contribution in [0.25, 0.3) is 0 Å². The highest BCUT2D eigenvalue weighted by Crippen LogP contribution is 2.31. The number of hydrogen-bond acceptors (Lipinski definition) is 6. The first-order chi connectivity index (χ1) is 13.3. The number of benzene rings is 1. The van der Waals surface area contributed by atoms with E-state index in [2.05, 4.69) is 31.1 Å². The Labute approximate surface area is 176 Å². The number of thioether (sulfide) groups is 1. The van der Waals surface area contributed by atoms with Crippen molar-refractivity contribution in [3.05, 3.63) is 34.6 Å². The summed E-state index contributed by atoms with van der Waals surface area (Å²) < 4.78 is 27.9. The number of aromatic nitrogens is 3. The molecule has 1 aromatic heterocycles. The number of aromatic amines is 1. The number of aliphatic carboxylic acids is 1. The highest BCUT2D eigenvalue weighted by atomic mass is 79.9. The second-order valence-electron chi connectivity index (χ2n) is 6.49. The van der Waals surface area contributed by atoms with Crippen molar-refractivity contribution < 1.29 is 18.3 Å². The van der Waals surface area contributed by atoms with E-state index >= 15 is 0 Å². The number of nitrogens with zero attached hydrogens (tertiary/aromatic N) is 3. The van der Waals surface area contributed by atoms with Gasteiger partial charge in [0.1, 0.15) is 11.1 Å². The molecule has 0 unspecified atom stereocenters. The third kappa shape index (κ3) is 4.76. The normalized spacial score (nSPS) is 17.5. The lowest BCUT2D eigenvalue weighted by Gasteiger charge is -2.30. The number of carboxylic acid groups (broad SMARTS) is 1. The Balaban J connectivity index is 1.62. The molecule has 11 heteroatoms. The number of sulfonamides is 1. The molecule has 1 aliphatic rings. The molecule has 0 saturated carbocycles. The van der Waals surface area contributed by atoms with Gasteiger partial charge in [0, 0.05) is 23.5 Å². The van der Waals surface area contributed by atoms with E-state index < -0.39 is 21.2 Å². The van der Waals surface area contributed by atoms with Crippen LogP contribution in [0.3, 0.4) is 0 Å². The van der Waals surface area contributed by atoms with Gasteiger partial charge in [0.25, 0.3) is 0 Å². The van der Waals surface area contributed by atoms with E-state index in [1.165, 1.54) is 4.31 Å². The van der Waals surface area contributed by atoms with Gasteiger partial charge in [0.15, 0.2) is 0 Å². The summed E-state index contributed by atoms with van der Waals surface area (Å²) in [5.74, 6) is -0.128. The summed E-state index contributed by atoms with van der Waals surface area (Å²) in [5, 5.41) is 16.0. The van der Waals surface area contributed by atoms with Gasteiger partial charge < -0.3 is 5.11 Å². The number of carboxylic acids is 1. The van der Waals surface area contributed by atoms with E-state index in [0.29, 0.717) is 43.3 Å². The number of carbonyl (C=O) groups is 1. The van der Waals surface area contributed by atoms with Crippen molar-refractivity contribution >= 4 is 43.7 Å². The third-order valence-electron chi connectivity index (χ3n) is 4.67. The minimum absolute atomic E-state index is 0.0723. The molecular formula is C17H21BrN4O4S2. The van der Waals surface area contributed by atoms with E-state index in [9.17, 15) is 13.2 Å². The Bertz CT molecular complexity index is 925. The van der Waals surface area contributed by atoms with Crippen LogP contribution in [-0.4, -0.2) is 57.3 Å². The van der Waals surface area contributed by atoms with Crippen molar-refractivity contribution in [2.24, 2.45) is 0 Å². The molecule has 1 aliphatic heterocycles. The van der Waals surface area contributed by atoms with Crippen molar-refractivity contribution in [1.29, 1.82) is 0 Å². The summed E-state index contributed by atoms with van der Waals surface area (Å²) >= 11 is 4.43. The third-order valence-corrected chi connectivity index (χ3v) is 8.32. The SMILES string of the molecule is CC[C@@H](Sc1n[nH]c(C2CCN(S(=O)(=O)c3ccc(Br)cc3)CC2)n1)C(=O)O. The Hall–Kier alpha value is -1.43. The molecule has 1 saturated heterocycles. The summed E-state index contributed by atoms with van der Waals surface area (Å²) in [5.41, 5.74) is 0. The minimum Gasteiger partial charge on any atom is -0.480 e. The van der Waals surface area contributed by atoms with Crippen LogP contribution in [0, 0.1) is 0 Å². The molecule has 28 heavy (non-hydrogen) atoms. The zero-order chi connectivity index (χ0) is 20.3. The van der Waals surface area contributed by atoms with Gasteiger partial charge >= 0.3 is 5.97 Å². The van der Waals surface area contributed by atoms with Crippen LogP contribution in [0.2, 0.25) is 0 Å². The molecule has 2 aromatic rings. The molecular weight excluding hydrogens is 468 g/mol. The van der Waals surface area contributed by atoms with Crippen LogP contribution in [0.4, 0.5) is 0 Å². The van der Waals surface area contributed by atoms with E-state index in [1.807, 2.05) is 0 Å². The van der Waals surface area contributed by atoms with Crippen LogP contribution in [0.5, 0.6) is 0 Å². The van der Waals surface area contributed by atoms with Crippen molar-refractivity contribution in [3.63, 3.8) is 0 Å². The topological polar surface area (TPSA) is 116 Å². The lowest BCUT2D eigenvalue weighted by molar-refractivity contribution is -0.136. The van der Waals surface area contributed by atoms with Gasteiger partial charge in [-0.15, -0.1) is 5.10 Å². The van der Waals surface area contributed by atoms with Crippen LogP contribution in [-0.2, 0) is 14.8 Å². The second-order valence-corrected chi connectivity index (χ2v) is 10.5. The summed E-state index contributed by atoms with van der Waals surface area (Å²) in [6.45, 7) is 2.61.